The Kier molecular flexibility index (Phi) is 3.62. The van der Waals surface area contributed by atoms with Crippen LogP contribution in [0, 0.1) is 0 Å². The zero-order valence-electron chi connectivity index (χ0n) is 10.1. The Morgan fingerprint density at radius 3 is 2.94 bits per heavy atom. The van der Waals surface area contributed by atoms with E-state index in [9.17, 15) is 9.90 Å². The normalized spacial score (nSPS) is 12.1. The Hall–Kier alpha value is -2.30. The van der Waals surface area contributed by atoms with E-state index >= 15 is 0 Å². The zero-order valence-corrected chi connectivity index (χ0v) is 10.1. The molecule has 5 heteroatoms. The number of rotatable bonds is 4. The van der Waals surface area contributed by atoms with Gasteiger partial charge in [0.15, 0.2) is 0 Å². The van der Waals surface area contributed by atoms with Crippen molar-refractivity contribution in [2.75, 3.05) is 0 Å². The highest BCUT2D eigenvalue weighted by Gasteiger charge is 2.12. The maximum atomic E-state index is 11.8. The third kappa shape index (κ3) is 2.88. The predicted molar refractivity (Wildman–Crippen MR) is 67.0 cm³/mol. The van der Waals surface area contributed by atoms with Crippen LogP contribution < -0.4 is 5.32 Å². The topological polar surface area (TPSA) is 78.0 Å². The van der Waals surface area contributed by atoms with Gasteiger partial charge in [-0.3, -0.25) is 4.79 Å². The minimum atomic E-state index is -0.182. The van der Waals surface area contributed by atoms with Crippen LogP contribution in [0.1, 0.15) is 24.4 Å². The summed E-state index contributed by atoms with van der Waals surface area (Å²) in [5, 5.41) is 12.4. The second-order valence-electron chi connectivity index (χ2n) is 4.07. The van der Waals surface area contributed by atoms with Gasteiger partial charge in [-0.2, -0.15) is 0 Å². The molecule has 0 aliphatic heterocycles. The fraction of sp³-hybridized carbons (Fsp3) is 0.231. The molecule has 1 aromatic heterocycles. The van der Waals surface area contributed by atoms with Crippen LogP contribution in [0.5, 0.6) is 5.75 Å². The third-order valence-electron chi connectivity index (χ3n) is 2.65. The Morgan fingerprint density at radius 1 is 1.50 bits per heavy atom. The maximum Gasteiger partial charge on any atom is 0.225 e. The molecule has 1 unspecified atom stereocenters. The predicted octanol–water partition coefficient (Wildman–Crippen LogP) is 1.54. The van der Waals surface area contributed by atoms with Crippen molar-refractivity contribution in [3.63, 3.8) is 0 Å². The van der Waals surface area contributed by atoms with E-state index < -0.39 is 0 Å². The average Bonchev–Trinajstić information content (AvgIpc) is 2.85. The molecule has 0 spiro atoms. The summed E-state index contributed by atoms with van der Waals surface area (Å²) in [6.07, 6.45) is 3.50. The number of amides is 1. The van der Waals surface area contributed by atoms with Crippen LogP contribution in [-0.2, 0) is 11.2 Å². The number of phenols is 1. The smallest absolute Gasteiger partial charge is 0.225 e. The SMILES string of the molecule is CC(NC(=O)Cc1ccccc1O)c1ncc[nH]1. The molecule has 0 radical (unpaired) electrons. The van der Waals surface area contributed by atoms with E-state index in [1.54, 1.807) is 36.7 Å². The van der Waals surface area contributed by atoms with Crippen LogP contribution in [0.15, 0.2) is 36.7 Å². The Balaban J connectivity index is 1.95. The molecule has 0 aliphatic rings. The molecular formula is C13H15N3O2. The van der Waals surface area contributed by atoms with Crippen molar-refractivity contribution >= 4 is 5.91 Å². The van der Waals surface area contributed by atoms with E-state index in [0.717, 1.165) is 0 Å². The van der Waals surface area contributed by atoms with Gasteiger partial charge in [-0.15, -0.1) is 0 Å². The fourth-order valence-electron chi connectivity index (χ4n) is 1.71. The molecule has 94 valence electrons. The first kappa shape index (κ1) is 12.2. The number of nitrogens with one attached hydrogen (secondary N) is 2. The van der Waals surface area contributed by atoms with Gasteiger partial charge in [0.1, 0.15) is 11.6 Å². The summed E-state index contributed by atoms with van der Waals surface area (Å²) < 4.78 is 0. The van der Waals surface area contributed by atoms with E-state index in [1.165, 1.54) is 0 Å². The van der Waals surface area contributed by atoms with Crippen LogP contribution in [0.3, 0.4) is 0 Å². The van der Waals surface area contributed by atoms with Crippen molar-refractivity contribution in [2.45, 2.75) is 19.4 Å². The van der Waals surface area contributed by atoms with Gasteiger partial charge in [-0.1, -0.05) is 18.2 Å². The Morgan fingerprint density at radius 2 is 2.28 bits per heavy atom. The summed E-state index contributed by atoms with van der Waals surface area (Å²) in [7, 11) is 0. The fourth-order valence-corrected chi connectivity index (χ4v) is 1.71. The minimum Gasteiger partial charge on any atom is -0.508 e. The molecule has 5 nitrogen and oxygen atoms in total. The Labute approximate surface area is 105 Å². The number of aromatic amines is 1. The van der Waals surface area contributed by atoms with E-state index in [0.29, 0.717) is 11.4 Å². The number of nitrogens with zero attached hydrogens (tertiary/aromatic N) is 1. The molecule has 0 aliphatic carbocycles. The van der Waals surface area contributed by atoms with Gasteiger partial charge in [0, 0.05) is 18.0 Å². The van der Waals surface area contributed by atoms with Crippen molar-refractivity contribution in [1.29, 1.82) is 0 Å². The molecule has 1 aromatic carbocycles. The van der Waals surface area contributed by atoms with E-state index in [4.69, 9.17) is 0 Å². The first-order valence-corrected chi connectivity index (χ1v) is 5.72. The van der Waals surface area contributed by atoms with Crippen LogP contribution in [0.2, 0.25) is 0 Å². The average molecular weight is 245 g/mol. The quantitative estimate of drug-likeness (QED) is 0.764. The number of hydrogen-bond acceptors (Lipinski definition) is 3. The van der Waals surface area contributed by atoms with Crippen LogP contribution in [-0.4, -0.2) is 21.0 Å². The lowest BCUT2D eigenvalue weighted by atomic mass is 10.1. The third-order valence-corrected chi connectivity index (χ3v) is 2.65. The van der Waals surface area contributed by atoms with Gasteiger partial charge in [0.2, 0.25) is 5.91 Å². The van der Waals surface area contributed by atoms with Crippen molar-refractivity contribution in [1.82, 2.24) is 15.3 Å². The summed E-state index contributed by atoms with van der Waals surface area (Å²) >= 11 is 0. The molecule has 2 aromatic rings. The van der Waals surface area contributed by atoms with Crippen LogP contribution in [0.4, 0.5) is 0 Å². The highest BCUT2D eigenvalue weighted by molar-refractivity contribution is 5.79. The number of aromatic hydroxyl groups is 1. The molecule has 2 rings (SSSR count). The second-order valence-corrected chi connectivity index (χ2v) is 4.07. The zero-order chi connectivity index (χ0) is 13.0. The summed E-state index contributed by atoms with van der Waals surface area (Å²) in [5.74, 6) is 0.694. The molecule has 0 bridgehead atoms. The molecule has 0 saturated heterocycles. The van der Waals surface area contributed by atoms with Crippen LogP contribution in [0.25, 0.3) is 0 Å². The molecule has 1 atom stereocenters. The highest BCUT2D eigenvalue weighted by Crippen LogP contribution is 2.16. The van der Waals surface area contributed by atoms with Crippen LogP contribution >= 0.6 is 0 Å². The number of phenolic OH excluding ortho intramolecular Hbond substituents is 1. The number of para-hydroxylation sites is 1. The number of carbonyl (C=O) groups excluding carboxylic acids is 1. The van der Waals surface area contributed by atoms with Crippen molar-refractivity contribution in [2.24, 2.45) is 0 Å². The van der Waals surface area contributed by atoms with Gasteiger partial charge in [0.05, 0.1) is 12.5 Å². The Bertz CT molecular complexity index is 523. The summed E-state index contributed by atoms with van der Waals surface area (Å²) in [5.41, 5.74) is 0.613. The van der Waals surface area contributed by atoms with E-state index in [2.05, 4.69) is 15.3 Å². The van der Waals surface area contributed by atoms with Gasteiger partial charge in [-0.25, -0.2) is 4.98 Å². The summed E-state index contributed by atoms with van der Waals surface area (Å²) in [4.78, 5) is 18.8. The van der Waals surface area contributed by atoms with Gasteiger partial charge >= 0.3 is 0 Å². The lowest BCUT2D eigenvalue weighted by Crippen LogP contribution is -2.28. The molecule has 0 saturated carbocycles. The maximum absolute atomic E-state index is 11.8. The standard InChI is InChI=1S/C13H15N3O2/c1-9(13-14-6-7-15-13)16-12(18)8-10-4-2-3-5-11(10)17/h2-7,9,17H,8H2,1H3,(H,14,15)(H,16,18). The van der Waals surface area contributed by atoms with Gasteiger partial charge < -0.3 is 15.4 Å². The number of H-pyrrole nitrogens is 1. The van der Waals surface area contributed by atoms with E-state index in [-0.39, 0.29) is 24.1 Å². The number of benzene rings is 1. The second kappa shape index (κ2) is 5.35. The van der Waals surface area contributed by atoms with Crippen molar-refractivity contribution in [3.8, 4) is 5.75 Å². The molecule has 0 fully saturated rings. The first-order chi connectivity index (χ1) is 8.66. The first-order valence-electron chi connectivity index (χ1n) is 5.72. The highest BCUT2D eigenvalue weighted by atomic mass is 16.3. The largest absolute Gasteiger partial charge is 0.508 e. The number of aromatic nitrogens is 2. The summed E-state index contributed by atoms with van der Waals surface area (Å²) in [6, 6.07) is 6.63. The molecule has 1 heterocycles. The van der Waals surface area contributed by atoms with E-state index in [1.807, 2.05) is 6.92 Å². The van der Waals surface area contributed by atoms with Gasteiger partial charge in [0.25, 0.3) is 0 Å². The minimum absolute atomic E-state index is 0.137. The summed E-state index contributed by atoms with van der Waals surface area (Å²) in [6.45, 7) is 1.85. The lowest BCUT2D eigenvalue weighted by molar-refractivity contribution is -0.121. The molecule has 1 amide bonds. The van der Waals surface area contributed by atoms with Crippen molar-refractivity contribution < 1.29 is 9.90 Å². The molecule has 18 heavy (non-hydrogen) atoms. The molecular weight excluding hydrogens is 230 g/mol. The van der Waals surface area contributed by atoms with Crippen molar-refractivity contribution in [3.05, 3.63) is 48.0 Å². The number of imidazole rings is 1. The lowest BCUT2D eigenvalue weighted by Gasteiger charge is -2.11. The number of carbonyl (C=O) groups is 1. The van der Waals surface area contributed by atoms with Gasteiger partial charge in [-0.05, 0) is 13.0 Å². The number of hydrogen-bond donors (Lipinski definition) is 3. The molecule has 3 N–H and O–H groups in total. The monoisotopic (exact) mass is 245 g/mol.